The molecule has 0 saturated heterocycles. The first-order chi connectivity index (χ1) is 10.3. The van der Waals surface area contributed by atoms with Crippen molar-refractivity contribution in [2.75, 3.05) is 10.6 Å². The number of carbonyl (C=O) groups excluding carboxylic acids is 1. The van der Waals surface area contributed by atoms with E-state index in [2.05, 4.69) is 25.6 Å². The maximum atomic E-state index is 12.1. The molecular formula is C14H11N5OS. The zero-order chi connectivity index (χ0) is 14.5. The lowest BCUT2D eigenvalue weighted by atomic mass is 10.3. The summed E-state index contributed by atoms with van der Waals surface area (Å²) in [7, 11) is 0. The van der Waals surface area contributed by atoms with Gasteiger partial charge < -0.3 is 10.6 Å². The summed E-state index contributed by atoms with van der Waals surface area (Å²) in [6.07, 6.45) is 6.29. The number of nitrogens with one attached hydrogen (secondary N) is 2. The minimum Gasteiger partial charge on any atom is -0.321 e. The first-order valence-corrected chi connectivity index (χ1v) is 6.98. The predicted molar refractivity (Wildman–Crippen MR) is 81.8 cm³/mol. The Balaban J connectivity index is 1.68. The van der Waals surface area contributed by atoms with Gasteiger partial charge in [-0.05, 0) is 12.1 Å². The lowest BCUT2D eigenvalue weighted by Crippen LogP contribution is -2.09. The summed E-state index contributed by atoms with van der Waals surface area (Å²) in [5.41, 5.74) is 0.749. The number of aromatic nitrogens is 3. The minimum atomic E-state index is -0.189. The number of hydrogen-bond donors (Lipinski definition) is 2. The number of thiazole rings is 1. The Morgan fingerprint density at radius 1 is 1.05 bits per heavy atom. The van der Waals surface area contributed by atoms with E-state index >= 15 is 0 Å². The van der Waals surface area contributed by atoms with Gasteiger partial charge in [-0.15, -0.1) is 0 Å². The molecule has 6 nitrogen and oxygen atoms in total. The first kappa shape index (κ1) is 13.2. The lowest BCUT2D eigenvalue weighted by Gasteiger charge is -2.02. The molecule has 21 heavy (non-hydrogen) atoms. The largest absolute Gasteiger partial charge is 0.321 e. The van der Waals surface area contributed by atoms with Crippen LogP contribution in [0, 0.1) is 0 Å². The van der Waals surface area contributed by atoms with Crippen molar-refractivity contribution >= 4 is 33.9 Å². The van der Waals surface area contributed by atoms with Crippen molar-refractivity contribution in [3.63, 3.8) is 0 Å². The van der Waals surface area contributed by atoms with E-state index in [4.69, 9.17) is 0 Å². The first-order valence-electron chi connectivity index (χ1n) is 6.16. The van der Waals surface area contributed by atoms with Gasteiger partial charge in [0.1, 0.15) is 4.88 Å². The molecule has 0 bridgehead atoms. The summed E-state index contributed by atoms with van der Waals surface area (Å²) >= 11 is 1.25. The second-order valence-electron chi connectivity index (χ2n) is 4.07. The highest BCUT2D eigenvalue weighted by molar-refractivity contribution is 7.17. The fourth-order valence-electron chi connectivity index (χ4n) is 1.62. The summed E-state index contributed by atoms with van der Waals surface area (Å²) in [5.74, 6) is 0.396. The van der Waals surface area contributed by atoms with Crippen molar-refractivity contribution in [3.05, 3.63) is 60.0 Å². The second-order valence-corrected chi connectivity index (χ2v) is 5.10. The molecular weight excluding hydrogens is 286 g/mol. The maximum absolute atomic E-state index is 12.1. The average Bonchev–Trinajstić information content (AvgIpc) is 2.98. The fourth-order valence-corrected chi connectivity index (χ4v) is 2.34. The monoisotopic (exact) mass is 297 g/mol. The van der Waals surface area contributed by atoms with Crippen LogP contribution >= 0.6 is 11.3 Å². The quantitative estimate of drug-likeness (QED) is 0.774. The van der Waals surface area contributed by atoms with E-state index in [0.717, 1.165) is 5.69 Å². The summed E-state index contributed by atoms with van der Waals surface area (Å²) < 4.78 is 0. The normalized spacial score (nSPS) is 10.1. The number of carbonyl (C=O) groups is 1. The van der Waals surface area contributed by atoms with Gasteiger partial charge in [0.25, 0.3) is 5.91 Å². The molecule has 2 N–H and O–H groups in total. The number of benzene rings is 1. The van der Waals surface area contributed by atoms with E-state index in [1.807, 2.05) is 30.3 Å². The molecule has 0 atom stereocenters. The SMILES string of the molecule is O=C(Nc1ccccc1)c1cnc(Nc2cnccn2)s1. The van der Waals surface area contributed by atoms with E-state index in [-0.39, 0.29) is 5.91 Å². The van der Waals surface area contributed by atoms with E-state index in [9.17, 15) is 4.79 Å². The summed E-state index contributed by atoms with van der Waals surface area (Å²) in [4.78, 5) is 24.8. The minimum absolute atomic E-state index is 0.189. The van der Waals surface area contributed by atoms with Gasteiger partial charge >= 0.3 is 0 Å². The molecule has 0 aliphatic carbocycles. The van der Waals surface area contributed by atoms with Gasteiger partial charge in [-0.25, -0.2) is 9.97 Å². The zero-order valence-electron chi connectivity index (χ0n) is 10.9. The summed E-state index contributed by atoms with van der Waals surface area (Å²) in [6.45, 7) is 0. The zero-order valence-corrected chi connectivity index (χ0v) is 11.7. The van der Waals surface area contributed by atoms with Gasteiger partial charge in [-0.1, -0.05) is 29.5 Å². The fraction of sp³-hybridized carbons (Fsp3) is 0. The van der Waals surface area contributed by atoms with E-state index < -0.39 is 0 Å². The molecule has 0 saturated carbocycles. The lowest BCUT2D eigenvalue weighted by molar-refractivity contribution is 0.103. The Labute approximate surface area is 124 Å². The van der Waals surface area contributed by atoms with Crippen LogP contribution in [0.25, 0.3) is 0 Å². The number of nitrogens with zero attached hydrogens (tertiary/aromatic N) is 3. The molecule has 3 aromatic rings. The van der Waals surface area contributed by atoms with Gasteiger partial charge in [0, 0.05) is 18.1 Å². The van der Waals surface area contributed by atoms with Crippen LogP contribution in [-0.4, -0.2) is 20.9 Å². The van der Waals surface area contributed by atoms with E-state index in [1.165, 1.54) is 17.5 Å². The van der Waals surface area contributed by atoms with Crippen LogP contribution in [0.15, 0.2) is 55.1 Å². The van der Waals surface area contributed by atoms with Crippen molar-refractivity contribution in [2.45, 2.75) is 0 Å². The molecule has 0 unspecified atom stereocenters. The molecule has 3 rings (SSSR count). The molecule has 2 heterocycles. The standard InChI is InChI=1S/C14H11N5OS/c20-13(18-10-4-2-1-3-5-10)11-8-17-14(21-11)19-12-9-15-6-7-16-12/h1-9H,(H,18,20)(H,16,17,19). The van der Waals surface area contributed by atoms with Gasteiger partial charge in [-0.2, -0.15) is 0 Å². The van der Waals surface area contributed by atoms with Crippen LogP contribution in [-0.2, 0) is 0 Å². The van der Waals surface area contributed by atoms with E-state index in [0.29, 0.717) is 15.8 Å². The third kappa shape index (κ3) is 3.40. The maximum Gasteiger partial charge on any atom is 0.267 e. The molecule has 0 radical (unpaired) electrons. The van der Waals surface area contributed by atoms with Crippen LogP contribution in [0.2, 0.25) is 0 Å². The number of anilines is 3. The van der Waals surface area contributed by atoms with Crippen LogP contribution in [0.3, 0.4) is 0 Å². The number of rotatable bonds is 4. The van der Waals surface area contributed by atoms with Crippen molar-refractivity contribution in [3.8, 4) is 0 Å². The van der Waals surface area contributed by atoms with Crippen molar-refractivity contribution in [1.82, 2.24) is 15.0 Å². The topological polar surface area (TPSA) is 79.8 Å². The Kier molecular flexibility index (Phi) is 3.83. The van der Waals surface area contributed by atoms with Crippen LogP contribution in [0.4, 0.5) is 16.6 Å². The smallest absolute Gasteiger partial charge is 0.267 e. The van der Waals surface area contributed by atoms with Crippen molar-refractivity contribution < 1.29 is 4.79 Å². The van der Waals surface area contributed by atoms with Crippen LogP contribution in [0.1, 0.15) is 9.67 Å². The molecule has 104 valence electrons. The number of para-hydroxylation sites is 1. The summed E-state index contributed by atoms with van der Waals surface area (Å²) in [6, 6.07) is 9.28. The predicted octanol–water partition coefficient (Wildman–Crippen LogP) is 2.93. The molecule has 1 amide bonds. The summed E-state index contributed by atoms with van der Waals surface area (Å²) in [5, 5.41) is 6.40. The second kappa shape index (κ2) is 6.10. The van der Waals surface area contributed by atoms with Gasteiger partial charge in [-0.3, -0.25) is 9.78 Å². The highest BCUT2D eigenvalue weighted by Crippen LogP contribution is 2.22. The molecule has 0 fully saturated rings. The van der Waals surface area contributed by atoms with Gasteiger partial charge in [0.2, 0.25) is 0 Å². The molecule has 0 spiro atoms. The Morgan fingerprint density at radius 3 is 2.67 bits per heavy atom. The molecule has 7 heteroatoms. The third-order valence-electron chi connectivity index (χ3n) is 2.56. The Hall–Kier alpha value is -2.80. The average molecular weight is 297 g/mol. The molecule has 2 aromatic heterocycles. The van der Waals surface area contributed by atoms with Crippen LogP contribution < -0.4 is 10.6 Å². The number of amides is 1. The molecule has 0 aliphatic heterocycles. The highest BCUT2D eigenvalue weighted by atomic mass is 32.1. The Morgan fingerprint density at radius 2 is 1.90 bits per heavy atom. The molecule has 1 aromatic carbocycles. The highest BCUT2D eigenvalue weighted by Gasteiger charge is 2.11. The number of hydrogen-bond acceptors (Lipinski definition) is 6. The van der Waals surface area contributed by atoms with Crippen molar-refractivity contribution in [2.24, 2.45) is 0 Å². The third-order valence-corrected chi connectivity index (χ3v) is 3.47. The van der Waals surface area contributed by atoms with Crippen LogP contribution in [0.5, 0.6) is 0 Å². The van der Waals surface area contributed by atoms with Gasteiger partial charge in [0.15, 0.2) is 10.9 Å². The van der Waals surface area contributed by atoms with Gasteiger partial charge in [0.05, 0.1) is 12.4 Å². The molecule has 0 aliphatic rings. The Bertz CT molecular complexity index is 729. The van der Waals surface area contributed by atoms with Crippen molar-refractivity contribution in [1.29, 1.82) is 0 Å². The van der Waals surface area contributed by atoms with E-state index in [1.54, 1.807) is 18.6 Å².